The second kappa shape index (κ2) is 5.82. The van der Waals surface area contributed by atoms with Crippen LogP contribution in [-0.2, 0) is 11.3 Å². The molecule has 1 aromatic rings. The molecule has 18 heavy (non-hydrogen) atoms. The minimum Gasteiger partial charge on any atom is -0.478 e. The van der Waals surface area contributed by atoms with Crippen LogP contribution in [0.1, 0.15) is 18.9 Å². The summed E-state index contributed by atoms with van der Waals surface area (Å²) in [5.41, 5.74) is 6.62. The maximum Gasteiger partial charge on any atom is 0.223 e. The summed E-state index contributed by atoms with van der Waals surface area (Å²) in [5, 5.41) is 0. The molecule has 0 spiro atoms. The summed E-state index contributed by atoms with van der Waals surface area (Å²) in [7, 11) is 0. The van der Waals surface area contributed by atoms with Crippen LogP contribution in [0.15, 0.2) is 18.3 Å². The Kier molecular flexibility index (Phi) is 4.15. The van der Waals surface area contributed by atoms with Gasteiger partial charge in [0.2, 0.25) is 11.8 Å². The average Bonchev–Trinajstić information content (AvgIpc) is 2.73. The van der Waals surface area contributed by atoms with Gasteiger partial charge in [-0.1, -0.05) is 6.07 Å². The number of likely N-dealkylation sites (tertiary alicyclic amines) is 1. The van der Waals surface area contributed by atoms with Crippen LogP contribution in [0.5, 0.6) is 5.88 Å². The monoisotopic (exact) mass is 249 g/mol. The first-order chi connectivity index (χ1) is 8.72. The molecule has 2 heterocycles. The average molecular weight is 249 g/mol. The van der Waals surface area contributed by atoms with Gasteiger partial charge in [0.15, 0.2) is 0 Å². The molecule has 0 bridgehead atoms. The van der Waals surface area contributed by atoms with Gasteiger partial charge in [0.1, 0.15) is 0 Å². The Balaban J connectivity index is 1.95. The van der Waals surface area contributed by atoms with Crippen LogP contribution in [-0.4, -0.2) is 35.5 Å². The number of rotatable bonds is 5. The standard InChI is InChI=1S/C13H19N3O2/c1-2-18-12-4-3-10(7-15-12)8-16-9-11(6-14)5-13(16)17/h3-4,7,11H,2,5-6,8-9,14H2,1H3. The highest BCUT2D eigenvalue weighted by Gasteiger charge is 2.28. The lowest BCUT2D eigenvalue weighted by molar-refractivity contribution is -0.128. The third-order valence-electron chi connectivity index (χ3n) is 3.09. The van der Waals surface area contributed by atoms with E-state index < -0.39 is 0 Å². The molecule has 1 atom stereocenters. The zero-order valence-electron chi connectivity index (χ0n) is 10.6. The van der Waals surface area contributed by atoms with E-state index in [-0.39, 0.29) is 5.91 Å². The molecule has 1 aliphatic rings. The van der Waals surface area contributed by atoms with Gasteiger partial charge < -0.3 is 15.4 Å². The van der Waals surface area contributed by atoms with Crippen molar-refractivity contribution in [3.63, 3.8) is 0 Å². The molecule has 0 saturated carbocycles. The summed E-state index contributed by atoms with van der Waals surface area (Å²) >= 11 is 0. The highest BCUT2D eigenvalue weighted by molar-refractivity contribution is 5.78. The first kappa shape index (κ1) is 12.8. The van der Waals surface area contributed by atoms with E-state index in [2.05, 4.69) is 4.98 Å². The maximum atomic E-state index is 11.7. The Labute approximate surface area is 107 Å². The first-order valence-electron chi connectivity index (χ1n) is 6.28. The van der Waals surface area contributed by atoms with E-state index in [0.29, 0.717) is 37.9 Å². The molecule has 1 fully saturated rings. The molecule has 0 aromatic carbocycles. The molecule has 1 amide bonds. The SMILES string of the molecule is CCOc1ccc(CN2CC(CN)CC2=O)cn1. The second-order valence-corrected chi connectivity index (χ2v) is 4.52. The molecule has 2 N–H and O–H groups in total. The molecule has 1 aliphatic heterocycles. The summed E-state index contributed by atoms with van der Waals surface area (Å²) in [6.07, 6.45) is 2.33. The summed E-state index contributed by atoms with van der Waals surface area (Å²) in [5.74, 6) is 1.10. The molecular formula is C13H19N3O2. The van der Waals surface area contributed by atoms with E-state index in [1.54, 1.807) is 6.20 Å². The van der Waals surface area contributed by atoms with Gasteiger partial charge >= 0.3 is 0 Å². The Morgan fingerprint density at radius 1 is 1.56 bits per heavy atom. The fourth-order valence-corrected chi connectivity index (χ4v) is 2.12. The molecule has 2 rings (SSSR count). The van der Waals surface area contributed by atoms with Gasteiger partial charge in [-0.05, 0) is 24.9 Å². The topological polar surface area (TPSA) is 68.5 Å². The largest absolute Gasteiger partial charge is 0.478 e. The summed E-state index contributed by atoms with van der Waals surface area (Å²) in [4.78, 5) is 17.8. The molecule has 1 unspecified atom stereocenters. The van der Waals surface area contributed by atoms with Crippen LogP contribution in [0.4, 0.5) is 0 Å². The second-order valence-electron chi connectivity index (χ2n) is 4.52. The van der Waals surface area contributed by atoms with Crippen molar-refractivity contribution < 1.29 is 9.53 Å². The number of pyridine rings is 1. The van der Waals surface area contributed by atoms with Crippen molar-refractivity contribution in [3.05, 3.63) is 23.9 Å². The fraction of sp³-hybridized carbons (Fsp3) is 0.538. The number of carbonyl (C=O) groups excluding carboxylic acids is 1. The lowest BCUT2D eigenvalue weighted by Gasteiger charge is -2.16. The van der Waals surface area contributed by atoms with Crippen molar-refractivity contribution >= 4 is 5.91 Å². The number of nitrogens with zero attached hydrogens (tertiary/aromatic N) is 2. The van der Waals surface area contributed by atoms with Crippen molar-refractivity contribution in [2.75, 3.05) is 19.7 Å². The van der Waals surface area contributed by atoms with Gasteiger partial charge in [0.25, 0.3) is 0 Å². The van der Waals surface area contributed by atoms with Crippen molar-refractivity contribution in [2.24, 2.45) is 11.7 Å². The number of carbonyl (C=O) groups is 1. The Bertz CT molecular complexity index is 405. The molecule has 1 aromatic heterocycles. The smallest absolute Gasteiger partial charge is 0.223 e. The highest BCUT2D eigenvalue weighted by atomic mass is 16.5. The van der Waals surface area contributed by atoms with E-state index >= 15 is 0 Å². The first-order valence-corrected chi connectivity index (χ1v) is 6.28. The van der Waals surface area contributed by atoms with Crippen LogP contribution in [0.2, 0.25) is 0 Å². The van der Waals surface area contributed by atoms with Gasteiger partial charge in [0, 0.05) is 31.8 Å². The fourth-order valence-electron chi connectivity index (χ4n) is 2.12. The quantitative estimate of drug-likeness (QED) is 0.837. The number of amides is 1. The molecule has 5 nitrogen and oxygen atoms in total. The van der Waals surface area contributed by atoms with Crippen LogP contribution in [0, 0.1) is 5.92 Å². The molecule has 0 aliphatic carbocycles. The van der Waals surface area contributed by atoms with E-state index in [4.69, 9.17) is 10.5 Å². The molecule has 1 saturated heterocycles. The number of hydrogen-bond acceptors (Lipinski definition) is 4. The molecule has 0 radical (unpaired) electrons. The van der Waals surface area contributed by atoms with Gasteiger partial charge in [0.05, 0.1) is 6.61 Å². The van der Waals surface area contributed by atoms with Gasteiger partial charge in [-0.25, -0.2) is 4.98 Å². The number of aromatic nitrogens is 1. The Hall–Kier alpha value is -1.62. The van der Waals surface area contributed by atoms with Gasteiger partial charge in [-0.15, -0.1) is 0 Å². The highest BCUT2D eigenvalue weighted by Crippen LogP contribution is 2.19. The Morgan fingerprint density at radius 2 is 2.39 bits per heavy atom. The number of nitrogens with two attached hydrogens (primary N) is 1. The third kappa shape index (κ3) is 2.98. The van der Waals surface area contributed by atoms with Crippen molar-refractivity contribution in [2.45, 2.75) is 19.9 Å². The molecular weight excluding hydrogens is 230 g/mol. The van der Waals surface area contributed by atoms with Crippen LogP contribution < -0.4 is 10.5 Å². The lowest BCUT2D eigenvalue weighted by Crippen LogP contribution is -2.25. The molecule has 98 valence electrons. The van der Waals surface area contributed by atoms with Crippen LogP contribution in [0.25, 0.3) is 0 Å². The normalized spacial score (nSPS) is 19.3. The third-order valence-corrected chi connectivity index (χ3v) is 3.09. The molecule has 5 heteroatoms. The van der Waals surface area contributed by atoms with E-state index in [9.17, 15) is 4.79 Å². The number of ether oxygens (including phenoxy) is 1. The minimum atomic E-state index is 0.180. The van der Waals surface area contributed by atoms with Gasteiger partial charge in [-0.2, -0.15) is 0 Å². The van der Waals surface area contributed by atoms with Crippen molar-refractivity contribution in [1.29, 1.82) is 0 Å². The predicted octanol–water partition coefficient (Wildman–Crippen LogP) is 0.787. The summed E-state index contributed by atoms with van der Waals surface area (Å²) in [6, 6.07) is 3.78. The minimum absolute atomic E-state index is 0.180. The van der Waals surface area contributed by atoms with Crippen molar-refractivity contribution in [3.8, 4) is 5.88 Å². The summed E-state index contributed by atoms with van der Waals surface area (Å²) < 4.78 is 5.28. The predicted molar refractivity (Wildman–Crippen MR) is 68.0 cm³/mol. The Morgan fingerprint density at radius 3 is 2.94 bits per heavy atom. The zero-order valence-corrected chi connectivity index (χ0v) is 10.6. The van der Waals surface area contributed by atoms with E-state index in [1.165, 1.54) is 0 Å². The maximum absolute atomic E-state index is 11.7. The zero-order chi connectivity index (χ0) is 13.0. The van der Waals surface area contributed by atoms with E-state index in [0.717, 1.165) is 12.1 Å². The van der Waals surface area contributed by atoms with Gasteiger partial charge in [-0.3, -0.25) is 4.79 Å². The van der Waals surface area contributed by atoms with E-state index in [1.807, 2.05) is 24.0 Å². The number of hydrogen-bond donors (Lipinski definition) is 1. The van der Waals surface area contributed by atoms with Crippen LogP contribution in [0.3, 0.4) is 0 Å². The van der Waals surface area contributed by atoms with Crippen LogP contribution >= 0.6 is 0 Å². The van der Waals surface area contributed by atoms with Crippen molar-refractivity contribution in [1.82, 2.24) is 9.88 Å². The summed E-state index contributed by atoms with van der Waals surface area (Å²) in [6.45, 7) is 4.46. The lowest BCUT2D eigenvalue weighted by atomic mass is 10.1.